The van der Waals surface area contributed by atoms with E-state index in [0.717, 1.165) is 50.0 Å². The van der Waals surface area contributed by atoms with E-state index in [0.29, 0.717) is 13.2 Å². The molecule has 35 heavy (non-hydrogen) atoms. The van der Waals surface area contributed by atoms with Crippen molar-refractivity contribution in [2.45, 2.75) is 31.4 Å². The summed E-state index contributed by atoms with van der Waals surface area (Å²) in [5, 5.41) is 9.12. The minimum atomic E-state index is -0.445. The summed E-state index contributed by atoms with van der Waals surface area (Å²) in [5.41, 5.74) is 4.38. The molecule has 0 saturated heterocycles. The van der Waals surface area contributed by atoms with Crippen molar-refractivity contribution >= 4 is 10.9 Å². The van der Waals surface area contributed by atoms with E-state index >= 15 is 0 Å². The van der Waals surface area contributed by atoms with E-state index in [4.69, 9.17) is 9.47 Å². The number of nitrogens with zero attached hydrogens (tertiary/aromatic N) is 4. The summed E-state index contributed by atoms with van der Waals surface area (Å²) >= 11 is 0. The van der Waals surface area contributed by atoms with Gasteiger partial charge in [-0.3, -0.25) is 9.47 Å². The lowest BCUT2D eigenvalue weighted by atomic mass is 9.96. The molecule has 1 atom stereocenters. The van der Waals surface area contributed by atoms with Crippen LogP contribution in [0.3, 0.4) is 0 Å². The second-order valence-electron chi connectivity index (χ2n) is 9.04. The Bertz CT molecular complexity index is 1230. The Hall–Kier alpha value is -3.26. The average molecular weight is 472 g/mol. The van der Waals surface area contributed by atoms with Gasteiger partial charge in [0.2, 0.25) is 0 Å². The fourth-order valence-electron chi connectivity index (χ4n) is 4.97. The summed E-state index contributed by atoms with van der Waals surface area (Å²) in [4.78, 5) is 5.94. The molecule has 1 aliphatic heterocycles. The smallest absolute Gasteiger partial charge is 0.145 e. The van der Waals surface area contributed by atoms with Gasteiger partial charge in [-0.1, -0.05) is 36.4 Å². The summed E-state index contributed by atoms with van der Waals surface area (Å²) in [5.74, 6) is 0. The molecule has 0 radical (unpaired) electrons. The van der Waals surface area contributed by atoms with Gasteiger partial charge in [-0.25, -0.2) is 0 Å². The van der Waals surface area contributed by atoms with Crippen LogP contribution in [0.2, 0.25) is 0 Å². The molecule has 1 N–H and O–H groups in total. The van der Waals surface area contributed by atoms with Crippen molar-refractivity contribution < 1.29 is 9.47 Å². The largest absolute Gasteiger partial charge is 0.382 e. The Kier molecular flexibility index (Phi) is 7.37. The van der Waals surface area contributed by atoms with Crippen molar-refractivity contribution in [1.29, 1.82) is 0 Å². The molecule has 2 aromatic carbocycles. The summed E-state index contributed by atoms with van der Waals surface area (Å²) in [6, 6.07) is 17.0. The highest BCUT2D eigenvalue weighted by molar-refractivity contribution is 5.85. The Balaban J connectivity index is 1.31. The van der Waals surface area contributed by atoms with Crippen molar-refractivity contribution in [3.8, 4) is 5.69 Å². The number of ether oxygens (including phenoxy) is 2. The highest BCUT2D eigenvalue weighted by atomic mass is 16.5. The number of H-pyrrole nitrogens is 1. The molecule has 7 nitrogen and oxygen atoms in total. The maximum Gasteiger partial charge on any atom is 0.145 e. The van der Waals surface area contributed by atoms with Crippen LogP contribution >= 0.6 is 0 Å². The van der Waals surface area contributed by atoms with Crippen LogP contribution in [0, 0.1) is 0 Å². The van der Waals surface area contributed by atoms with Crippen molar-refractivity contribution in [3.63, 3.8) is 0 Å². The Labute approximate surface area is 206 Å². The van der Waals surface area contributed by atoms with Crippen LogP contribution in [0.25, 0.3) is 16.6 Å². The molecule has 7 heteroatoms. The van der Waals surface area contributed by atoms with Crippen LogP contribution < -0.4 is 0 Å². The molecular weight excluding hydrogens is 438 g/mol. The fourth-order valence-corrected chi connectivity index (χ4v) is 4.97. The van der Waals surface area contributed by atoms with Crippen LogP contribution in [0.4, 0.5) is 0 Å². The molecule has 5 rings (SSSR count). The van der Waals surface area contributed by atoms with Gasteiger partial charge in [0.05, 0.1) is 13.2 Å². The van der Waals surface area contributed by atoms with Crippen LogP contribution in [0.15, 0.2) is 79.5 Å². The lowest BCUT2D eigenvalue weighted by molar-refractivity contribution is -0.134. The zero-order valence-electron chi connectivity index (χ0n) is 20.3. The van der Waals surface area contributed by atoms with E-state index in [2.05, 4.69) is 87.0 Å². The number of rotatable bonds is 11. The monoisotopic (exact) mass is 471 g/mol. The predicted octanol–water partition coefficient (Wildman–Crippen LogP) is 4.55. The normalized spacial score (nSPS) is 18.4. The van der Waals surface area contributed by atoms with Crippen molar-refractivity contribution in [3.05, 3.63) is 90.7 Å². The lowest BCUT2D eigenvalue weighted by Gasteiger charge is -2.44. The molecule has 1 unspecified atom stereocenters. The van der Waals surface area contributed by atoms with Gasteiger partial charge >= 0.3 is 0 Å². The zero-order chi connectivity index (χ0) is 23.9. The number of benzene rings is 2. The van der Waals surface area contributed by atoms with Gasteiger partial charge in [-0.05, 0) is 54.7 Å². The molecule has 182 valence electrons. The quantitative estimate of drug-likeness (QED) is 0.257. The fraction of sp³-hybridized carbons (Fsp3) is 0.357. The predicted molar refractivity (Wildman–Crippen MR) is 138 cm³/mol. The minimum Gasteiger partial charge on any atom is -0.382 e. The van der Waals surface area contributed by atoms with Crippen molar-refractivity contribution in [2.24, 2.45) is 0 Å². The van der Waals surface area contributed by atoms with Gasteiger partial charge in [0.1, 0.15) is 18.4 Å². The summed E-state index contributed by atoms with van der Waals surface area (Å²) < 4.78 is 13.8. The highest BCUT2D eigenvalue weighted by Gasteiger charge is 2.36. The van der Waals surface area contributed by atoms with Gasteiger partial charge in [0, 0.05) is 49.4 Å². The van der Waals surface area contributed by atoms with Crippen molar-refractivity contribution in [1.82, 2.24) is 24.6 Å². The number of hydrogen-bond acceptors (Lipinski definition) is 5. The van der Waals surface area contributed by atoms with Gasteiger partial charge in [0.25, 0.3) is 0 Å². The second-order valence-corrected chi connectivity index (χ2v) is 9.04. The third-order valence-corrected chi connectivity index (χ3v) is 6.76. The van der Waals surface area contributed by atoms with E-state index in [-0.39, 0.29) is 0 Å². The second kappa shape index (κ2) is 11.0. The van der Waals surface area contributed by atoms with Gasteiger partial charge in [-0.15, -0.1) is 10.2 Å². The average Bonchev–Trinajstić information content (AvgIpc) is 3.56. The SMILES string of the molecule is COCCOC1(Cc2ccccc2)C=CCCN1CCCc1c[nH]c2ccc(-n3cnnc3)cc12. The van der Waals surface area contributed by atoms with Crippen LogP contribution in [-0.2, 0) is 22.3 Å². The molecule has 3 heterocycles. The Morgan fingerprint density at radius 3 is 2.74 bits per heavy atom. The number of aryl methyl sites for hydroxylation is 1. The van der Waals surface area contributed by atoms with Crippen molar-refractivity contribution in [2.75, 3.05) is 33.4 Å². The topological polar surface area (TPSA) is 68.2 Å². The number of aromatic nitrogens is 4. The minimum absolute atomic E-state index is 0.445. The third-order valence-electron chi connectivity index (χ3n) is 6.76. The molecular formula is C28H33N5O2. The van der Waals surface area contributed by atoms with Gasteiger partial charge < -0.3 is 14.5 Å². The first kappa shape index (κ1) is 23.5. The first-order valence-corrected chi connectivity index (χ1v) is 12.3. The van der Waals surface area contributed by atoms with E-state index in [1.54, 1.807) is 19.8 Å². The molecule has 4 aromatic rings. The maximum atomic E-state index is 6.54. The highest BCUT2D eigenvalue weighted by Crippen LogP contribution is 2.30. The Morgan fingerprint density at radius 1 is 1.06 bits per heavy atom. The standard InChI is InChI=1S/C28H33N5O2/c1-34-16-17-35-28(19-23-8-3-2-4-9-23)13-5-6-14-33(28)15-7-10-24-20-29-27-12-11-25(18-26(24)27)32-21-30-31-22-32/h2-5,8-9,11-13,18,20-22,29H,6-7,10,14-17,19H2,1H3. The lowest BCUT2D eigenvalue weighted by Crippen LogP contribution is -2.54. The van der Waals surface area contributed by atoms with Crippen LogP contribution in [0.5, 0.6) is 0 Å². The Morgan fingerprint density at radius 2 is 1.91 bits per heavy atom. The number of aromatic amines is 1. The molecule has 0 aliphatic carbocycles. The molecule has 0 saturated carbocycles. The maximum absolute atomic E-state index is 6.54. The van der Waals surface area contributed by atoms with Crippen LogP contribution in [0.1, 0.15) is 24.0 Å². The van der Waals surface area contributed by atoms with Gasteiger partial charge in [-0.2, -0.15) is 0 Å². The molecule has 0 fully saturated rings. The summed E-state index contributed by atoms with van der Waals surface area (Å²) in [6.45, 7) is 3.10. The first-order chi connectivity index (χ1) is 17.3. The number of methoxy groups -OCH3 is 1. The molecule has 1 aliphatic rings. The van der Waals surface area contributed by atoms with E-state index in [1.807, 2.05) is 4.57 Å². The first-order valence-electron chi connectivity index (χ1n) is 12.3. The van der Waals surface area contributed by atoms with Gasteiger partial charge in [0.15, 0.2) is 0 Å². The summed E-state index contributed by atoms with van der Waals surface area (Å²) in [7, 11) is 1.72. The van der Waals surface area contributed by atoms with E-state index < -0.39 is 5.72 Å². The number of fused-ring (bicyclic) bond motifs is 1. The third kappa shape index (κ3) is 5.37. The molecule has 0 spiro atoms. The van der Waals surface area contributed by atoms with E-state index in [9.17, 15) is 0 Å². The molecule has 2 aromatic heterocycles. The summed E-state index contributed by atoms with van der Waals surface area (Å²) in [6.07, 6.45) is 14.0. The number of nitrogens with one attached hydrogen (secondary N) is 1. The zero-order valence-corrected chi connectivity index (χ0v) is 20.3. The molecule has 0 bridgehead atoms. The van der Waals surface area contributed by atoms with Crippen LogP contribution in [-0.4, -0.2) is 63.8 Å². The van der Waals surface area contributed by atoms with E-state index in [1.165, 1.54) is 16.5 Å². The molecule has 0 amide bonds. The number of hydrogen-bond donors (Lipinski definition) is 1.